The number of aliphatic hydroxyl groups is 5. The van der Waals surface area contributed by atoms with Crippen LogP contribution >= 0.6 is 0 Å². The molecule has 0 bridgehead atoms. The number of hydrogen-bond donors (Lipinski definition) is 5. The Morgan fingerprint density at radius 1 is 0.951 bits per heavy atom. The van der Waals surface area contributed by atoms with Gasteiger partial charge < -0.3 is 73.4 Å². The second-order valence-corrected chi connectivity index (χ2v) is 24.8. The number of piperazine rings is 1. The maximum Gasteiger partial charge on any atom is 0.309 e. The molecule has 81 heavy (non-hydrogen) atoms. The second-order valence-electron chi connectivity index (χ2n) is 24.8. The Morgan fingerprint density at radius 3 is 2.25 bits per heavy atom. The van der Waals surface area contributed by atoms with Gasteiger partial charge in [0.15, 0.2) is 12.6 Å². The van der Waals surface area contributed by atoms with Crippen molar-refractivity contribution in [1.82, 2.24) is 34.6 Å². The smallest absolute Gasteiger partial charge is 0.309 e. The first-order valence-electron chi connectivity index (χ1n) is 29.4. The molecule has 4 aliphatic heterocycles. The number of benzene rings is 1. The van der Waals surface area contributed by atoms with E-state index in [0.717, 1.165) is 11.1 Å². The van der Waals surface area contributed by atoms with Crippen LogP contribution in [0.1, 0.15) is 130 Å². The van der Waals surface area contributed by atoms with E-state index in [2.05, 4.69) is 20.1 Å². The summed E-state index contributed by atoms with van der Waals surface area (Å²) in [7, 11) is 7.00. The van der Waals surface area contributed by atoms with Crippen molar-refractivity contribution in [1.29, 1.82) is 0 Å². The third-order valence-electron chi connectivity index (χ3n) is 18.5. The van der Waals surface area contributed by atoms with E-state index in [1.165, 1.54) is 14.0 Å². The lowest BCUT2D eigenvalue weighted by Gasteiger charge is -2.47. The van der Waals surface area contributed by atoms with Crippen molar-refractivity contribution in [3.05, 3.63) is 47.3 Å². The molecular formula is C59H100FN7O14. The van der Waals surface area contributed by atoms with Crippen molar-refractivity contribution in [3.63, 3.8) is 0 Å². The summed E-state index contributed by atoms with van der Waals surface area (Å²) in [5.41, 5.74) is -1.71. The highest BCUT2D eigenvalue weighted by atomic mass is 19.1. The number of aromatic nitrogens is 3. The van der Waals surface area contributed by atoms with Gasteiger partial charge in [-0.2, -0.15) is 0 Å². The van der Waals surface area contributed by atoms with Crippen molar-refractivity contribution in [3.8, 4) is 0 Å². The molecule has 22 heteroatoms. The molecule has 21 nitrogen and oxygen atoms in total. The largest absolute Gasteiger partial charge is 0.459 e. The van der Waals surface area contributed by atoms with Crippen molar-refractivity contribution in [2.24, 2.45) is 23.7 Å². The van der Waals surface area contributed by atoms with Crippen molar-refractivity contribution in [2.75, 3.05) is 87.5 Å². The number of carbonyl (C=O) groups excluding carboxylic acids is 2. The minimum Gasteiger partial charge on any atom is -0.459 e. The normalized spacial score (nSPS) is 37.3. The standard InChI is InChI=1S/C59H100FN7O14/c1-15-48-59(10,74)53(70)40(6)64(12)31-36(2)28-57(8,73)55(38(4)46(39(5)56(72)80-48)35-77-51-29-58(9,76-14)54(71)41(7)79-51)81-50-27-45(26-37(3)78-50)63(11)21-20-44-33-67(62-61-44)47(30-60)52(75-13)43-18-16-42(17-19-43)32-65-22-24-66(25-23-65)49(69)34-68/h16-19,33,36-41,45-48,50-55,68,70-71,73-74H,15,20-32,34-35H2,1-14H3/t36-,37-,38+,39-,40-,41+,45+,46+,47-,48-,50+,51-,52-,53-,54+,55-,57-,58-,59-/m1/s1. The average Bonchev–Trinajstić information content (AvgIpc) is 3.91. The monoisotopic (exact) mass is 1150 g/mol. The van der Waals surface area contributed by atoms with E-state index in [1.54, 1.807) is 57.5 Å². The van der Waals surface area contributed by atoms with Crippen LogP contribution in [0.15, 0.2) is 30.5 Å². The molecule has 4 saturated heterocycles. The molecule has 4 fully saturated rings. The number of likely N-dealkylation sites (N-methyl/N-ethyl adjacent to an activating group) is 2. The number of alkyl halides is 1. The highest BCUT2D eigenvalue weighted by Gasteiger charge is 2.51. The topological polar surface area (TPSA) is 244 Å². The molecule has 1 aromatic carbocycles. The Labute approximate surface area is 480 Å². The van der Waals surface area contributed by atoms with E-state index in [0.29, 0.717) is 70.8 Å². The van der Waals surface area contributed by atoms with Crippen LogP contribution in [-0.2, 0) is 55.7 Å². The summed E-state index contributed by atoms with van der Waals surface area (Å²) < 4.78 is 60.9. The predicted molar refractivity (Wildman–Crippen MR) is 300 cm³/mol. The summed E-state index contributed by atoms with van der Waals surface area (Å²) in [6.07, 6.45) is -3.08. The van der Waals surface area contributed by atoms with Crippen LogP contribution in [0, 0.1) is 23.7 Å². The van der Waals surface area contributed by atoms with Crippen LogP contribution in [0.25, 0.3) is 0 Å². The average molecular weight is 1150 g/mol. The first kappa shape index (κ1) is 66.8. The number of methoxy groups -OCH3 is 2. The zero-order valence-electron chi connectivity index (χ0n) is 50.9. The third-order valence-corrected chi connectivity index (χ3v) is 18.5. The van der Waals surface area contributed by atoms with Crippen molar-refractivity contribution >= 4 is 11.9 Å². The summed E-state index contributed by atoms with van der Waals surface area (Å²) in [4.78, 5) is 34.6. The Morgan fingerprint density at radius 2 is 1.63 bits per heavy atom. The molecule has 5 N–H and O–H groups in total. The summed E-state index contributed by atoms with van der Waals surface area (Å²) in [6, 6.07) is 6.59. The number of esters is 1. The number of halogens is 1. The summed E-state index contributed by atoms with van der Waals surface area (Å²) in [6.45, 7) is 21.2. The molecule has 0 unspecified atom stereocenters. The molecule has 0 radical (unpaired) electrons. The molecule has 0 saturated carbocycles. The number of hydrogen-bond acceptors (Lipinski definition) is 19. The number of amides is 1. The Kier molecular flexibility index (Phi) is 24.1. The van der Waals surface area contributed by atoms with Gasteiger partial charge in [0.05, 0.1) is 47.7 Å². The van der Waals surface area contributed by atoms with Gasteiger partial charge in [0.2, 0.25) is 5.91 Å². The number of ether oxygens (including phenoxy) is 7. The van der Waals surface area contributed by atoms with Gasteiger partial charge in [-0.05, 0) is 97.9 Å². The third kappa shape index (κ3) is 16.6. The minimum atomic E-state index is -1.81. The molecule has 0 spiro atoms. The van der Waals surface area contributed by atoms with Gasteiger partial charge in [-0.25, -0.2) is 9.07 Å². The Bertz CT molecular complexity index is 2260. The van der Waals surface area contributed by atoms with E-state index in [-0.39, 0.29) is 49.8 Å². The Hall–Kier alpha value is -3.33. The molecule has 4 aliphatic rings. The number of carbonyl (C=O) groups is 2. The highest BCUT2D eigenvalue weighted by Crippen LogP contribution is 2.41. The lowest BCUT2D eigenvalue weighted by atomic mass is 9.73. The van der Waals surface area contributed by atoms with Gasteiger partial charge in [-0.3, -0.25) is 14.5 Å². The SMILES string of the molecule is CC[C@H]1OC(=O)[C@H](C)[C@@H](CO[C@H]2C[C@@](C)(OC)[C@@H](O)[C@H](C)O2)[C@H](C)[C@@H](O[C@H]2C[C@@H](N(C)CCc3cn([C@H](CF)[C@H](OC)c4ccc(CN5CCN(C(=O)CO)CC5)cc4)nn3)C[C@@H](C)O2)[C@](C)(O)C[C@@H](C)CN(C)[C@H](C)[C@@H](O)[C@]1(C)O. The van der Waals surface area contributed by atoms with Gasteiger partial charge >= 0.3 is 5.97 Å². The van der Waals surface area contributed by atoms with E-state index < -0.39 is 115 Å². The number of rotatable bonds is 19. The molecule has 2 aromatic rings. The lowest BCUT2D eigenvalue weighted by molar-refractivity contribution is -0.287. The van der Waals surface area contributed by atoms with Gasteiger partial charge in [0, 0.05) is 103 Å². The summed E-state index contributed by atoms with van der Waals surface area (Å²) in [5, 5.41) is 65.6. The van der Waals surface area contributed by atoms with Gasteiger partial charge in [-0.1, -0.05) is 57.2 Å². The predicted octanol–water partition coefficient (Wildman–Crippen LogP) is 3.92. The van der Waals surface area contributed by atoms with Crippen LogP contribution in [-0.4, -0.2) is 238 Å². The molecule has 6 rings (SSSR count). The number of cyclic esters (lactones) is 1. The fourth-order valence-corrected chi connectivity index (χ4v) is 13.0. The molecule has 19 atom stereocenters. The number of nitrogens with zero attached hydrogens (tertiary/aromatic N) is 7. The van der Waals surface area contributed by atoms with Crippen LogP contribution in [0.4, 0.5) is 4.39 Å². The summed E-state index contributed by atoms with van der Waals surface area (Å²) >= 11 is 0. The van der Waals surface area contributed by atoms with E-state index in [9.17, 15) is 35.1 Å². The van der Waals surface area contributed by atoms with Gasteiger partial charge in [-0.15, -0.1) is 5.10 Å². The molecule has 1 amide bonds. The molecule has 0 aliphatic carbocycles. The van der Waals surface area contributed by atoms with Crippen molar-refractivity contribution < 1.29 is 72.7 Å². The summed E-state index contributed by atoms with van der Waals surface area (Å²) in [5.74, 6) is -3.13. The fourth-order valence-electron chi connectivity index (χ4n) is 13.0. The van der Waals surface area contributed by atoms with Crippen molar-refractivity contribution in [2.45, 2.75) is 205 Å². The molecule has 5 heterocycles. The first-order valence-corrected chi connectivity index (χ1v) is 29.4. The van der Waals surface area contributed by atoms with Gasteiger partial charge in [0.1, 0.15) is 49.3 Å². The zero-order chi connectivity index (χ0) is 59.7. The number of aliphatic hydroxyl groups excluding tert-OH is 3. The maximum atomic E-state index is 15.0. The molecule has 462 valence electrons. The first-order chi connectivity index (χ1) is 38.2. The van der Waals surface area contributed by atoms with E-state index >= 15 is 4.39 Å². The van der Waals surface area contributed by atoms with Crippen LogP contribution in [0.5, 0.6) is 0 Å². The van der Waals surface area contributed by atoms with E-state index in [1.807, 2.05) is 71.0 Å². The zero-order valence-corrected chi connectivity index (χ0v) is 50.9. The minimum absolute atomic E-state index is 0.0148. The molecular weight excluding hydrogens is 1050 g/mol. The van der Waals surface area contributed by atoms with Gasteiger partial charge in [0.25, 0.3) is 0 Å². The maximum absolute atomic E-state index is 15.0. The van der Waals surface area contributed by atoms with E-state index in [4.69, 9.17) is 33.2 Å². The van der Waals surface area contributed by atoms with Crippen LogP contribution in [0.3, 0.4) is 0 Å². The highest BCUT2D eigenvalue weighted by molar-refractivity contribution is 5.77. The fraction of sp³-hybridized carbons (Fsp3) is 0.831. The van der Waals surface area contributed by atoms with Crippen LogP contribution < -0.4 is 0 Å². The molecule has 1 aromatic heterocycles. The lowest BCUT2D eigenvalue weighted by Crippen LogP contribution is -2.59. The van der Waals surface area contributed by atoms with Crippen LogP contribution in [0.2, 0.25) is 0 Å². The quantitative estimate of drug-likeness (QED) is 0.125. The second kappa shape index (κ2) is 29.2. The Balaban J connectivity index is 1.18.